The molecular formula is C42H62N6O8. The number of amides is 3. The number of aryl methyl sites for hydroxylation is 1. The number of oxime groups is 1. The molecule has 2 aromatic carbocycles. The number of fused-ring (bicyclic) bond motifs is 5. The molecule has 7 atom stereocenters. The van der Waals surface area contributed by atoms with Gasteiger partial charge in [0.2, 0.25) is 0 Å². The van der Waals surface area contributed by atoms with Gasteiger partial charge in [-0.05, 0) is 104 Å². The van der Waals surface area contributed by atoms with Crippen molar-refractivity contribution < 1.29 is 38.9 Å². The number of hydrazine groups is 1. The predicted molar refractivity (Wildman–Crippen MR) is 212 cm³/mol. The van der Waals surface area contributed by atoms with Crippen molar-refractivity contribution in [3.05, 3.63) is 65.2 Å². The Morgan fingerprint density at radius 1 is 0.964 bits per heavy atom. The number of benzene rings is 2. The summed E-state index contributed by atoms with van der Waals surface area (Å²) in [5.41, 5.74) is 16.2. The van der Waals surface area contributed by atoms with E-state index >= 15 is 0 Å². The molecular weight excluding hydrogens is 716 g/mol. The van der Waals surface area contributed by atoms with E-state index in [2.05, 4.69) is 39.6 Å². The lowest BCUT2D eigenvalue weighted by molar-refractivity contribution is -0.135. The molecule has 308 valence electrons. The summed E-state index contributed by atoms with van der Waals surface area (Å²) in [6, 6.07) is 13.5. The molecule has 3 amide bonds. The molecule has 0 aliphatic heterocycles. The fourth-order valence-corrected chi connectivity index (χ4v) is 8.82. The van der Waals surface area contributed by atoms with Crippen molar-refractivity contribution in [2.75, 3.05) is 46.1 Å². The van der Waals surface area contributed by atoms with Crippen LogP contribution in [0.25, 0.3) is 0 Å². The number of aliphatic hydroxyl groups excluding tert-OH is 1. The van der Waals surface area contributed by atoms with E-state index in [1.807, 2.05) is 56.3 Å². The number of nitrogens with two attached hydrogens (primary N) is 1. The summed E-state index contributed by atoms with van der Waals surface area (Å²) < 4.78 is 11.1. The number of nitrogens with zero attached hydrogens (tertiary/aromatic N) is 1. The standard InChI is InChI=1S/C42H62N6O8/c1-27(2)23-36(46-41(53)39(51)35(43)24-28-7-5-4-6-8-28)40(52)47-45-18-20-55-22-21-54-19-17-44-38(50)26-56-48-37-14-13-34-33-11-9-29-25-30(49)10-12-31(29)32(33)15-16-42(34,37)3/h4-8,10,12,25,27,32-36,39,45,49,51H,9,11,13-24,26,43H2,1-3H3,(H,44,50)(H,46,53)(H,47,52). The van der Waals surface area contributed by atoms with Crippen molar-refractivity contribution >= 4 is 23.4 Å². The van der Waals surface area contributed by atoms with Gasteiger partial charge >= 0.3 is 0 Å². The Labute approximate surface area is 330 Å². The quantitative estimate of drug-likeness (QED) is 0.0729. The Hall–Kier alpha value is -4.08. The second-order valence-electron chi connectivity index (χ2n) is 16.1. The third kappa shape index (κ3) is 11.7. The van der Waals surface area contributed by atoms with E-state index in [9.17, 15) is 24.6 Å². The molecule has 2 saturated carbocycles. The van der Waals surface area contributed by atoms with Crippen LogP contribution < -0.4 is 27.2 Å². The van der Waals surface area contributed by atoms with Gasteiger partial charge < -0.3 is 40.9 Å². The van der Waals surface area contributed by atoms with Gasteiger partial charge in [0.1, 0.15) is 17.9 Å². The number of hydrogen-bond acceptors (Lipinski definition) is 11. The zero-order valence-electron chi connectivity index (χ0n) is 33.1. The van der Waals surface area contributed by atoms with Crippen molar-refractivity contribution in [2.24, 2.45) is 34.1 Å². The molecule has 56 heavy (non-hydrogen) atoms. The first kappa shape index (κ1) is 43.1. The average molecular weight is 779 g/mol. The molecule has 0 aromatic heterocycles. The molecule has 7 unspecified atom stereocenters. The van der Waals surface area contributed by atoms with Gasteiger partial charge in [-0.2, -0.15) is 0 Å². The number of carbonyl (C=O) groups excluding carboxylic acids is 3. The summed E-state index contributed by atoms with van der Waals surface area (Å²) >= 11 is 0. The molecule has 2 aromatic rings. The van der Waals surface area contributed by atoms with Crippen LogP contribution in [0, 0.1) is 23.2 Å². The van der Waals surface area contributed by atoms with Gasteiger partial charge in [-0.1, -0.05) is 62.3 Å². The SMILES string of the molecule is CC(C)CC(NC(=O)C(O)C(N)Cc1ccccc1)C(=O)NNCCOCCOCCNC(=O)CON=C1CCC2C3CCc4cc(O)ccc4C3CCC12C. The fourth-order valence-electron chi connectivity index (χ4n) is 8.82. The molecule has 3 aliphatic carbocycles. The highest BCUT2D eigenvalue weighted by Crippen LogP contribution is 2.60. The Morgan fingerprint density at radius 3 is 2.46 bits per heavy atom. The lowest BCUT2D eigenvalue weighted by atomic mass is 9.55. The maximum absolute atomic E-state index is 12.8. The molecule has 0 spiro atoms. The van der Waals surface area contributed by atoms with Crippen molar-refractivity contribution in [3.8, 4) is 5.75 Å². The van der Waals surface area contributed by atoms with E-state index in [0.29, 0.717) is 75.9 Å². The van der Waals surface area contributed by atoms with Crippen molar-refractivity contribution in [1.29, 1.82) is 0 Å². The first-order valence-electron chi connectivity index (χ1n) is 20.2. The van der Waals surface area contributed by atoms with Gasteiger partial charge in [0.05, 0.1) is 32.1 Å². The predicted octanol–water partition coefficient (Wildman–Crippen LogP) is 2.85. The number of aliphatic hydroxyl groups is 1. The molecule has 0 heterocycles. The topological polar surface area (TPSA) is 206 Å². The fraction of sp³-hybridized carbons (Fsp3) is 0.619. The number of hydrogen-bond donors (Lipinski definition) is 7. The highest BCUT2D eigenvalue weighted by atomic mass is 16.6. The zero-order valence-corrected chi connectivity index (χ0v) is 33.1. The lowest BCUT2D eigenvalue weighted by Crippen LogP contribution is -2.56. The minimum absolute atomic E-state index is 0.00869. The number of ether oxygens (including phenoxy) is 2. The van der Waals surface area contributed by atoms with Crippen LogP contribution in [0.3, 0.4) is 0 Å². The molecule has 14 heteroatoms. The number of phenolic OH excluding ortho intramolecular Hbond substituents is 1. The number of aromatic hydroxyl groups is 1. The zero-order chi connectivity index (χ0) is 40.1. The molecule has 5 rings (SSSR count). The van der Waals surface area contributed by atoms with Gasteiger partial charge in [-0.15, -0.1) is 0 Å². The van der Waals surface area contributed by atoms with Crippen LogP contribution in [-0.4, -0.2) is 98.0 Å². The van der Waals surface area contributed by atoms with Crippen LogP contribution in [0.4, 0.5) is 0 Å². The summed E-state index contributed by atoms with van der Waals surface area (Å²) in [6.07, 6.45) is 5.48. The van der Waals surface area contributed by atoms with E-state index in [0.717, 1.165) is 49.8 Å². The molecule has 8 N–H and O–H groups in total. The first-order valence-corrected chi connectivity index (χ1v) is 20.2. The van der Waals surface area contributed by atoms with E-state index < -0.39 is 30.0 Å². The number of nitrogens with one attached hydrogen (secondary N) is 4. The maximum atomic E-state index is 12.8. The van der Waals surface area contributed by atoms with Crippen molar-refractivity contribution in [3.63, 3.8) is 0 Å². The monoisotopic (exact) mass is 778 g/mol. The van der Waals surface area contributed by atoms with Gasteiger partial charge in [0.25, 0.3) is 17.7 Å². The van der Waals surface area contributed by atoms with E-state index in [4.69, 9.17) is 20.0 Å². The third-order valence-corrected chi connectivity index (χ3v) is 11.7. The molecule has 2 fully saturated rings. The third-order valence-electron chi connectivity index (χ3n) is 11.7. The highest BCUT2D eigenvalue weighted by Gasteiger charge is 2.53. The van der Waals surface area contributed by atoms with Gasteiger partial charge in [0.15, 0.2) is 6.61 Å². The molecule has 0 saturated heterocycles. The van der Waals surface area contributed by atoms with Crippen LogP contribution in [0.5, 0.6) is 5.75 Å². The van der Waals surface area contributed by atoms with Gasteiger partial charge in [-0.3, -0.25) is 19.8 Å². The smallest absolute Gasteiger partial charge is 0.260 e. The Bertz CT molecular complexity index is 1630. The molecule has 3 aliphatic rings. The largest absolute Gasteiger partial charge is 0.508 e. The van der Waals surface area contributed by atoms with E-state index in [-0.39, 0.29) is 23.8 Å². The molecule has 14 nitrogen and oxygen atoms in total. The molecule has 0 radical (unpaired) electrons. The van der Waals surface area contributed by atoms with E-state index in [1.54, 1.807) is 0 Å². The maximum Gasteiger partial charge on any atom is 0.260 e. The van der Waals surface area contributed by atoms with Crippen LogP contribution in [0.1, 0.15) is 81.9 Å². The van der Waals surface area contributed by atoms with E-state index in [1.165, 1.54) is 11.1 Å². The Kier molecular flexibility index (Phi) is 16.1. The summed E-state index contributed by atoms with van der Waals surface area (Å²) in [7, 11) is 0. The van der Waals surface area contributed by atoms with Gasteiger partial charge in [-0.25, -0.2) is 5.43 Å². The second kappa shape index (κ2) is 20.9. The minimum Gasteiger partial charge on any atom is -0.508 e. The second-order valence-corrected chi connectivity index (χ2v) is 16.1. The number of rotatable bonds is 21. The summed E-state index contributed by atoms with van der Waals surface area (Å²) in [5, 5.41) is 30.4. The summed E-state index contributed by atoms with van der Waals surface area (Å²) in [5.74, 6) is 0.757. The van der Waals surface area contributed by atoms with Crippen molar-refractivity contribution in [2.45, 2.75) is 96.2 Å². The van der Waals surface area contributed by atoms with Crippen LogP contribution in [0.15, 0.2) is 53.7 Å². The summed E-state index contributed by atoms with van der Waals surface area (Å²) in [4.78, 5) is 43.5. The Balaban J connectivity index is 0.889. The Morgan fingerprint density at radius 2 is 1.71 bits per heavy atom. The van der Waals surface area contributed by atoms with Crippen molar-refractivity contribution in [1.82, 2.24) is 21.5 Å². The summed E-state index contributed by atoms with van der Waals surface area (Å²) in [6.45, 7) is 7.98. The number of phenols is 1. The van der Waals surface area contributed by atoms with Crippen LogP contribution in [0.2, 0.25) is 0 Å². The first-order chi connectivity index (χ1) is 27.0. The average Bonchev–Trinajstić information content (AvgIpc) is 3.52. The normalized spacial score (nSPS) is 23.7. The lowest BCUT2D eigenvalue weighted by Gasteiger charge is -2.49. The van der Waals surface area contributed by atoms with Crippen LogP contribution >= 0.6 is 0 Å². The molecule has 0 bridgehead atoms. The minimum atomic E-state index is -1.47. The number of carbonyl (C=O) groups is 3. The van der Waals surface area contributed by atoms with Gasteiger partial charge in [0, 0.05) is 24.5 Å². The van der Waals surface area contributed by atoms with Crippen LogP contribution in [-0.2, 0) is 41.5 Å². The highest BCUT2D eigenvalue weighted by molar-refractivity contribution is 5.92.